The van der Waals surface area contributed by atoms with Gasteiger partial charge >= 0.3 is 0 Å². The maximum absolute atomic E-state index is 10.9. The number of carbonyl (C=O) groups excluding carboxylic acids is 1. The minimum atomic E-state index is 0.313. The summed E-state index contributed by atoms with van der Waals surface area (Å²) in [4.78, 5) is 12.8. The largest absolute Gasteiger partial charge is 0.346 e. The van der Waals surface area contributed by atoms with E-state index in [0.717, 1.165) is 19.4 Å². The summed E-state index contributed by atoms with van der Waals surface area (Å²) in [6, 6.07) is 0. The minimum Gasteiger partial charge on any atom is -0.346 e. The monoisotopic (exact) mass is 201 g/mol. The van der Waals surface area contributed by atoms with Gasteiger partial charge in [-0.05, 0) is 12.8 Å². The third-order valence-electron chi connectivity index (χ3n) is 1.81. The Balaban J connectivity index is 0. The summed E-state index contributed by atoms with van der Waals surface area (Å²) >= 11 is 0. The summed E-state index contributed by atoms with van der Waals surface area (Å²) in [5.41, 5.74) is 0. The van der Waals surface area contributed by atoms with Crippen molar-refractivity contribution in [3.8, 4) is 0 Å². The van der Waals surface area contributed by atoms with Crippen LogP contribution in [-0.2, 0) is 4.79 Å². The van der Waals surface area contributed by atoms with Gasteiger partial charge in [-0.3, -0.25) is 4.79 Å². The fraction of sp³-hybridized carbons (Fsp3) is 0.917. The van der Waals surface area contributed by atoms with Gasteiger partial charge in [0, 0.05) is 20.0 Å². The number of amides is 1. The molecule has 0 unspecified atom stereocenters. The quantitative estimate of drug-likeness (QED) is 0.587. The lowest BCUT2D eigenvalue weighted by Crippen LogP contribution is -2.25. The van der Waals surface area contributed by atoms with Gasteiger partial charge in [0.05, 0.1) is 0 Å². The first-order valence-electron chi connectivity index (χ1n) is 5.96. The molecule has 0 bridgehead atoms. The lowest BCUT2D eigenvalue weighted by Gasteiger charge is -2.11. The molecule has 1 fully saturated rings. The number of rotatable bonds is 0. The fourth-order valence-corrected chi connectivity index (χ4v) is 1.12. The highest BCUT2D eigenvalue weighted by Crippen LogP contribution is 2.08. The highest BCUT2D eigenvalue weighted by molar-refractivity contribution is 5.75. The molecular formula is C12H27NO. The van der Waals surface area contributed by atoms with Crippen LogP contribution >= 0.6 is 0 Å². The maximum Gasteiger partial charge on any atom is 0.222 e. The predicted octanol–water partition coefficient (Wildman–Crippen LogP) is 3.46. The summed E-state index contributed by atoms with van der Waals surface area (Å²) in [5.74, 6) is 0.313. The Hall–Kier alpha value is -0.530. The van der Waals surface area contributed by atoms with Crippen LogP contribution in [0.25, 0.3) is 0 Å². The van der Waals surface area contributed by atoms with Crippen LogP contribution in [0.2, 0.25) is 0 Å². The van der Waals surface area contributed by atoms with E-state index in [1.807, 2.05) is 25.8 Å². The van der Waals surface area contributed by atoms with Gasteiger partial charge in [0.15, 0.2) is 0 Å². The van der Waals surface area contributed by atoms with Crippen LogP contribution in [0, 0.1) is 0 Å². The van der Waals surface area contributed by atoms with E-state index in [2.05, 4.69) is 13.8 Å². The molecule has 1 aliphatic heterocycles. The highest BCUT2D eigenvalue weighted by atomic mass is 16.2. The number of likely N-dealkylation sites (tertiary alicyclic amines) is 1. The molecule has 0 radical (unpaired) electrons. The molecule has 1 aliphatic rings. The lowest BCUT2D eigenvalue weighted by atomic mass is 10.2. The molecule has 1 amide bonds. The van der Waals surface area contributed by atoms with Gasteiger partial charge in [0.25, 0.3) is 0 Å². The van der Waals surface area contributed by atoms with Crippen LogP contribution in [0.3, 0.4) is 0 Å². The van der Waals surface area contributed by atoms with Gasteiger partial charge in [-0.25, -0.2) is 0 Å². The Morgan fingerprint density at radius 1 is 1.14 bits per heavy atom. The summed E-state index contributed by atoms with van der Waals surface area (Å²) in [6.07, 6.45) is 5.50. The van der Waals surface area contributed by atoms with E-state index in [4.69, 9.17) is 0 Å². The molecule has 0 atom stereocenters. The molecule has 0 N–H and O–H groups in total. The van der Waals surface area contributed by atoms with Crippen molar-refractivity contribution < 1.29 is 4.79 Å². The number of nitrogens with zero attached hydrogens (tertiary/aromatic N) is 1. The molecule has 0 aromatic rings. The van der Waals surface area contributed by atoms with Gasteiger partial charge in [0.1, 0.15) is 0 Å². The maximum atomic E-state index is 10.9. The first-order valence-corrected chi connectivity index (χ1v) is 5.96. The third-order valence-corrected chi connectivity index (χ3v) is 1.81. The lowest BCUT2D eigenvalue weighted by molar-refractivity contribution is -0.129. The van der Waals surface area contributed by atoms with Crippen LogP contribution in [0.15, 0.2) is 0 Å². The van der Waals surface area contributed by atoms with Crippen molar-refractivity contribution in [2.75, 3.05) is 13.6 Å². The Morgan fingerprint density at radius 2 is 1.64 bits per heavy atom. The van der Waals surface area contributed by atoms with E-state index in [-0.39, 0.29) is 0 Å². The van der Waals surface area contributed by atoms with Crippen molar-refractivity contribution in [1.82, 2.24) is 4.90 Å². The number of hydrogen-bond donors (Lipinski definition) is 0. The normalized spacial score (nSPS) is 15.8. The van der Waals surface area contributed by atoms with E-state index >= 15 is 0 Å². The molecule has 0 saturated carbocycles. The van der Waals surface area contributed by atoms with E-state index in [9.17, 15) is 4.79 Å². The first kappa shape index (κ1) is 15.9. The van der Waals surface area contributed by atoms with Gasteiger partial charge in [-0.1, -0.05) is 40.5 Å². The Kier molecular flexibility index (Phi) is 14.2. The van der Waals surface area contributed by atoms with Crippen LogP contribution in [0.5, 0.6) is 0 Å². The van der Waals surface area contributed by atoms with Crippen molar-refractivity contribution in [1.29, 1.82) is 0 Å². The smallest absolute Gasteiger partial charge is 0.222 e. The summed E-state index contributed by atoms with van der Waals surface area (Å²) in [6.45, 7) is 9.21. The molecule has 0 spiro atoms. The molecule has 2 heteroatoms. The standard InChI is InChI=1S/C7H13NO.C3H8.C2H6/c1-8-6-4-2-3-5-7(8)9;1-3-2;1-2/h2-6H2,1H3;3H2,1-2H3;1-2H3. The predicted molar refractivity (Wildman–Crippen MR) is 63.4 cm³/mol. The van der Waals surface area contributed by atoms with Gasteiger partial charge < -0.3 is 4.90 Å². The van der Waals surface area contributed by atoms with Crippen LogP contribution in [-0.4, -0.2) is 24.4 Å². The highest BCUT2D eigenvalue weighted by Gasteiger charge is 2.10. The molecule has 86 valence electrons. The second kappa shape index (κ2) is 12.5. The molecule has 1 heterocycles. The van der Waals surface area contributed by atoms with Crippen molar-refractivity contribution in [2.45, 2.75) is 59.8 Å². The molecule has 1 rings (SSSR count). The molecule has 0 aromatic carbocycles. The summed E-state index contributed by atoms with van der Waals surface area (Å²) < 4.78 is 0. The Labute approximate surface area is 89.7 Å². The second-order valence-electron chi connectivity index (χ2n) is 3.33. The zero-order valence-electron chi connectivity index (χ0n) is 10.6. The van der Waals surface area contributed by atoms with Crippen molar-refractivity contribution >= 4 is 5.91 Å². The number of hydrogen-bond acceptors (Lipinski definition) is 1. The zero-order valence-corrected chi connectivity index (χ0v) is 10.6. The van der Waals surface area contributed by atoms with Crippen LogP contribution in [0.4, 0.5) is 0 Å². The molecule has 1 saturated heterocycles. The van der Waals surface area contributed by atoms with Gasteiger partial charge in [0.2, 0.25) is 5.91 Å². The average Bonchev–Trinajstić information content (AvgIpc) is 2.37. The second-order valence-corrected chi connectivity index (χ2v) is 3.33. The van der Waals surface area contributed by atoms with Crippen molar-refractivity contribution in [3.05, 3.63) is 0 Å². The summed E-state index contributed by atoms with van der Waals surface area (Å²) in [5, 5.41) is 0. The zero-order chi connectivity index (χ0) is 11.4. The average molecular weight is 201 g/mol. The molecular weight excluding hydrogens is 174 g/mol. The minimum absolute atomic E-state index is 0.313. The van der Waals surface area contributed by atoms with E-state index in [1.54, 1.807) is 0 Å². The van der Waals surface area contributed by atoms with E-state index in [0.29, 0.717) is 5.91 Å². The third kappa shape index (κ3) is 9.56. The SMILES string of the molecule is CC.CCC.CN1CCCCCC1=O. The van der Waals surface area contributed by atoms with Crippen LogP contribution < -0.4 is 0 Å². The molecule has 0 aliphatic carbocycles. The molecule has 2 nitrogen and oxygen atoms in total. The van der Waals surface area contributed by atoms with Gasteiger partial charge in [-0.15, -0.1) is 0 Å². The molecule has 0 aromatic heterocycles. The van der Waals surface area contributed by atoms with Crippen LogP contribution in [0.1, 0.15) is 59.8 Å². The topological polar surface area (TPSA) is 20.3 Å². The summed E-state index contributed by atoms with van der Waals surface area (Å²) in [7, 11) is 1.88. The Morgan fingerprint density at radius 3 is 2.14 bits per heavy atom. The first-order chi connectivity index (χ1) is 6.72. The van der Waals surface area contributed by atoms with Crippen molar-refractivity contribution in [2.24, 2.45) is 0 Å². The van der Waals surface area contributed by atoms with E-state index in [1.165, 1.54) is 19.3 Å². The fourth-order valence-electron chi connectivity index (χ4n) is 1.12. The number of carbonyl (C=O) groups is 1. The van der Waals surface area contributed by atoms with E-state index < -0.39 is 0 Å². The Bertz CT molecular complexity index is 123. The van der Waals surface area contributed by atoms with Gasteiger partial charge in [-0.2, -0.15) is 0 Å². The molecule has 14 heavy (non-hydrogen) atoms. The van der Waals surface area contributed by atoms with Crippen molar-refractivity contribution in [3.63, 3.8) is 0 Å².